The Balaban J connectivity index is 0.00000242. The third kappa shape index (κ3) is 3.74. The van der Waals surface area contributed by atoms with Crippen LogP contribution in [0.2, 0.25) is 0 Å². The molecule has 0 aromatic carbocycles. The molecule has 0 aromatic rings. The molecule has 2 fully saturated rings. The van der Waals surface area contributed by atoms with Crippen molar-refractivity contribution in [3.63, 3.8) is 0 Å². The highest BCUT2D eigenvalue weighted by molar-refractivity contribution is 5.88. The Kier molecular flexibility index (Phi) is 6.68. The van der Waals surface area contributed by atoms with E-state index in [0.717, 1.165) is 25.7 Å². The van der Waals surface area contributed by atoms with Gasteiger partial charge >= 0.3 is 5.97 Å². The minimum absolute atomic E-state index is 0. The highest BCUT2D eigenvalue weighted by Crippen LogP contribution is 2.42. The van der Waals surface area contributed by atoms with E-state index in [4.69, 9.17) is 10.5 Å². The van der Waals surface area contributed by atoms with Gasteiger partial charge in [0.05, 0.1) is 7.11 Å². The van der Waals surface area contributed by atoms with Gasteiger partial charge in [-0.3, -0.25) is 4.79 Å². The molecule has 6 heteroatoms. The van der Waals surface area contributed by atoms with Crippen LogP contribution >= 0.6 is 12.4 Å². The van der Waals surface area contributed by atoms with Crippen LogP contribution in [0.25, 0.3) is 0 Å². The molecule has 0 aliphatic heterocycles. The predicted octanol–water partition coefficient (Wildman–Crippen LogP) is 2.02. The van der Waals surface area contributed by atoms with Gasteiger partial charge in [0.25, 0.3) is 0 Å². The van der Waals surface area contributed by atoms with Crippen LogP contribution in [-0.2, 0) is 14.3 Å². The maximum atomic E-state index is 12.6. The summed E-state index contributed by atoms with van der Waals surface area (Å²) in [6.07, 6.45) is 5.71. The third-order valence-electron chi connectivity index (χ3n) is 5.53. The second kappa shape index (κ2) is 7.64. The van der Waals surface area contributed by atoms with Gasteiger partial charge in [0.1, 0.15) is 5.54 Å². The highest BCUT2D eigenvalue weighted by atomic mass is 35.5. The summed E-state index contributed by atoms with van der Waals surface area (Å²) in [6, 6.07) is 0.251. The average Bonchev–Trinajstić information content (AvgIpc) is 2.45. The van der Waals surface area contributed by atoms with Gasteiger partial charge in [-0.05, 0) is 50.9 Å². The Morgan fingerprint density at radius 2 is 1.82 bits per heavy atom. The molecule has 2 aliphatic rings. The van der Waals surface area contributed by atoms with Crippen LogP contribution in [0.4, 0.5) is 0 Å². The maximum Gasteiger partial charge on any atom is 0.331 e. The fraction of sp³-hybridized carbons (Fsp3) is 0.875. The van der Waals surface area contributed by atoms with E-state index >= 15 is 0 Å². The lowest BCUT2D eigenvalue weighted by Crippen LogP contribution is -2.56. The number of carbonyl (C=O) groups excluding carboxylic acids is 2. The van der Waals surface area contributed by atoms with Crippen molar-refractivity contribution < 1.29 is 14.3 Å². The van der Waals surface area contributed by atoms with E-state index in [1.807, 2.05) is 6.92 Å². The zero-order valence-electron chi connectivity index (χ0n) is 13.8. The topological polar surface area (TPSA) is 81.4 Å². The molecule has 1 amide bonds. The van der Waals surface area contributed by atoms with E-state index in [-0.39, 0.29) is 36.2 Å². The number of amides is 1. The summed E-state index contributed by atoms with van der Waals surface area (Å²) < 4.78 is 4.81. The number of fused-ring (bicyclic) bond motifs is 2. The molecule has 2 bridgehead atoms. The molecule has 0 saturated heterocycles. The molecule has 3 unspecified atom stereocenters. The maximum absolute atomic E-state index is 12.6. The normalized spacial score (nSPS) is 33.1. The number of nitrogens with one attached hydrogen (secondary N) is 1. The molecule has 3 N–H and O–H groups in total. The fourth-order valence-electron chi connectivity index (χ4n) is 3.89. The zero-order valence-corrected chi connectivity index (χ0v) is 14.6. The number of halogens is 1. The molecule has 5 nitrogen and oxygen atoms in total. The van der Waals surface area contributed by atoms with Gasteiger partial charge in [-0.2, -0.15) is 0 Å². The Morgan fingerprint density at radius 3 is 2.27 bits per heavy atom. The van der Waals surface area contributed by atoms with Gasteiger partial charge in [-0.25, -0.2) is 4.79 Å². The van der Waals surface area contributed by atoms with Gasteiger partial charge in [-0.15, -0.1) is 12.4 Å². The largest absolute Gasteiger partial charge is 0.467 e. The first-order valence-electron chi connectivity index (χ1n) is 8.07. The van der Waals surface area contributed by atoms with Crippen molar-refractivity contribution in [1.82, 2.24) is 5.32 Å². The number of ether oxygens (including phenoxy) is 1. The van der Waals surface area contributed by atoms with E-state index in [9.17, 15) is 9.59 Å². The summed E-state index contributed by atoms with van der Waals surface area (Å²) in [5.74, 6) is 0.494. The number of hydrogen-bond donors (Lipinski definition) is 2. The molecule has 3 atom stereocenters. The standard InChI is InChI=1S/C16H28N2O3.ClH/c1-4-16(2,15(20)21-3)18-14(19)12-8-10-6-5-7-11(9-12)13(10)17;/h10-13H,4-9,17H2,1-3H3,(H,18,19);1H. The SMILES string of the molecule is CCC(C)(NC(=O)C1CC2CCCC(C1)C2N)C(=O)OC.Cl. The minimum Gasteiger partial charge on any atom is -0.467 e. The van der Waals surface area contributed by atoms with E-state index in [2.05, 4.69) is 5.32 Å². The Hall–Kier alpha value is -0.810. The summed E-state index contributed by atoms with van der Waals surface area (Å²) in [5, 5.41) is 2.91. The van der Waals surface area contributed by atoms with Crippen LogP contribution in [0.15, 0.2) is 0 Å². The summed E-state index contributed by atoms with van der Waals surface area (Å²) in [5.41, 5.74) is 5.33. The molecule has 0 aromatic heterocycles. The third-order valence-corrected chi connectivity index (χ3v) is 5.53. The Morgan fingerprint density at radius 1 is 1.27 bits per heavy atom. The first-order chi connectivity index (χ1) is 9.91. The number of rotatable bonds is 4. The van der Waals surface area contributed by atoms with Crippen LogP contribution < -0.4 is 11.1 Å². The minimum atomic E-state index is -0.930. The van der Waals surface area contributed by atoms with Crippen molar-refractivity contribution in [2.75, 3.05) is 7.11 Å². The lowest BCUT2D eigenvalue weighted by Gasteiger charge is -2.44. The molecule has 128 valence electrons. The molecule has 0 radical (unpaired) electrons. The lowest BCUT2D eigenvalue weighted by atomic mass is 9.65. The Bertz CT molecular complexity index is 404. The van der Waals surface area contributed by atoms with Crippen molar-refractivity contribution in [2.24, 2.45) is 23.5 Å². The van der Waals surface area contributed by atoms with E-state index < -0.39 is 5.54 Å². The van der Waals surface area contributed by atoms with Crippen molar-refractivity contribution >= 4 is 24.3 Å². The van der Waals surface area contributed by atoms with Gasteiger partial charge in [0.15, 0.2) is 0 Å². The monoisotopic (exact) mass is 332 g/mol. The number of carbonyl (C=O) groups is 2. The number of esters is 1. The smallest absolute Gasteiger partial charge is 0.331 e. The molecular weight excluding hydrogens is 304 g/mol. The molecular formula is C16H29ClN2O3. The number of nitrogens with two attached hydrogens (primary N) is 1. The summed E-state index contributed by atoms with van der Waals surface area (Å²) in [4.78, 5) is 24.4. The second-order valence-corrected chi connectivity index (χ2v) is 6.86. The fourth-order valence-corrected chi connectivity index (χ4v) is 3.89. The first kappa shape index (κ1) is 19.2. The van der Waals surface area contributed by atoms with Crippen LogP contribution in [0.3, 0.4) is 0 Å². The molecule has 2 saturated carbocycles. The van der Waals surface area contributed by atoms with Crippen molar-refractivity contribution in [3.05, 3.63) is 0 Å². The average molecular weight is 333 g/mol. The molecule has 0 heterocycles. The second-order valence-electron chi connectivity index (χ2n) is 6.86. The number of methoxy groups -OCH3 is 1. The van der Waals surface area contributed by atoms with E-state index in [1.54, 1.807) is 6.92 Å². The molecule has 0 spiro atoms. The van der Waals surface area contributed by atoms with Gasteiger partial charge < -0.3 is 15.8 Å². The number of hydrogen-bond acceptors (Lipinski definition) is 4. The summed E-state index contributed by atoms with van der Waals surface area (Å²) in [6.45, 7) is 3.61. The van der Waals surface area contributed by atoms with Crippen LogP contribution in [-0.4, -0.2) is 30.6 Å². The first-order valence-corrected chi connectivity index (χ1v) is 8.07. The van der Waals surface area contributed by atoms with E-state index in [1.165, 1.54) is 13.5 Å². The zero-order chi connectivity index (χ0) is 15.6. The van der Waals surface area contributed by atoms with Gasteiger partial charge in [-0.1, -0.05) is 13.3 Å². The van der Waals surface area contributed by atoms with Crippen molar-refractivity contribution in [3.8, 4) is 0 Å². The summed E-state index contributed by atoms with van der Waals surface area (Å²) >= 11 is 0. The quantitative estimate of drug-likeness (QED) is 0.772. The van der Waals surface area contributed by atoms with Crippen LogP contribution in [0, 0.1) is 17.8 Å². The van der Waals surface area contributed by atoms with Crippen LogP contribution in [0.5, 0.6) is 0 Å². The molecule has 22 heavy (non-hydrogen) atoms. The summed E-state index contributed by atoms with van der Waals surface area (Å²) in [7, 11) is 1.35. The molecule has 2 rings (SSSR count). The van der Waals surface area contributed by atoms with Crippen LogP contribution in [0.1, 0.15) is 52.4 Å². The van der Waals surface area contributed by atoms with Gasteiger partial charge in [0.2, 0.25) is 5.91 Å². The Labute approximate surface area is 139 Å². The lowest BCUT2D eigenvalue weighted by molar-refractivity contribution is -0.151. The van der Waals surface area contributed by atoms with E-state index in [0.29, 0.717) is 18.3 Å². The molecule has 2 aliphatic carbocycles. The van der Waals surface area contributed by atoms with Crippen molar-refractivity contribution in [1.29, 1.82) is 0 Å². The van der Waals surface area contributed by atoms with Gasteiger partial charge in [0, 0.05) is 12.0 Å². The van der Waals surface area contributed by atoms with Crippen molar-refractivity contribution in [2.45, 2.75) is 64.0 Å². The predicted molar refractivity (Wildman–Crippen MR) is 87.6 cm³/mol. The highest BCUT2D eigenvalue weighted by Gasteiger charge is 2.43.